The summed E-state index contributed by atoms with van der Waals surface area (Å²) in [6.45, 7) is 7.47. The van der Waals surface area contributed by atoms with Crippen LogP contribution in [0.5, 0.6) is 34.5 Å². The van der Waals surface area contributed by atoms with Gasteiger partial charge in [0.2, 0.25) is 13.1 Å². The molecule has 1 saturated heterocycles. The van der Waals surface area contributed by atoms with E-state index < -0.39 is 12.4 Å². The van der Waals surface area contributed by atoms with Gasteiger partial charge in [-0.3, -0.25) is 0 Å². The van der Waals surface area contributed by atoms with E-state index in [-0.39, 0.29) is 30.8 Å². The highest BCUT2D eigenvalue weighted by atomic mass is 16.7. The molecule has 0 N–H and O–H groups in total. The van der Waals surface area contributed by atoms with Crippen molar-refractivity contribution in [3.8, 4) is 34.5 Å². The topological polar surface area (TPSA) is 83.1 Å². The smallest absolute Gasteiger partial charge is 0.231 e. The van der Waals surface area contributed by atoms with Crippen LogP contribution in [-0.2, 0) is 14.2 Å². The second-order valence-electron chi connectivity index (χ2n) is 12.6. The van der Waals surface area contributed by atoms with Gasteiger partial charge >= 0.3 is 0 Å². The number of ether oxygens (including phenoxy) is 9. The summed E-state index contributed by atoms with van der Waals surface area (Å²) in [5.41, 5.74) is 2.96. The summed E-state index contributed by atoms with van der Waals surface area (Å²) in [6, 6.07) is 17.8. The second-order valence-corrected chi connectivity index (χ2v) is 12.6. The van der Waals surface area contributed by atoms with Crippen LogP contribution in [0.15, 0.2) is 54.6 Å². The summed E-state index contributed by atoms with van der Waals surface area (Å²) in [4.78, 5) is 0. The van der Waals surface area contributed by atoms with Gasteiger partial charge in [0.15, 0.2) is 34.5 Å². The van der Waals surface area contributed by atoms with E-state index in [4.69, 9.17) is 42.6 Å². The van der Waals surface area contributed by atoms with Crippen molar-refractivity contribution in [1.29, 1.82) is 0 Å². The van der Waals surface area contributed by atoms with Gasteiger partial charge in [-0.15, -0.1) is 0 Å². The Hall–Kier alpha value is -3.66. The first kappa shape index (κ1) is 35.6. The Kier molecular flexibility index (Phi) is 12.7. The molecule has 9 nitrogen and oxygen atoms in total. The first-order chi connectivity index (χ1) is 23.4. The summed E-state index contributed by atoms with van der Waals surface area (Å²) >= 11 is 0. The zero-order valence-electron chi connectivity index (χ0n) is 29.5. The molecule has 1 fully saturated rings. The van der Waals surface area contributed by atoms with E-state index in [2.05, 4.69) is 20.8 Å². The fraction of sp³-hybridized carbons (Fsp3) is 0.538. The average Bonchev–Trinajstić information content (AvgIpc) is 3.71. The van der Waals surface area contributed by atoms with Crippen LogP contribution in [0.4, 0.5) is 0 Å². The van der Waals surface area contributed by atoms with E-state index in [0.717, 1.165) is 29.5 Å². The van der Waals surface area contributed by atoms with E-state index in [1.165, 1.54) is 25.7 Å². The van der Waals surface area contributed by atoms with E-state index in [9.17, 15) is 0 Å². The lowest BCUT2D eigenvalue weighted by Crippen LogP contribution is -2.30. The minimum atomic E-state index is -0.749. The normalized spacial score (nSPS) is 21.1. The fourth-order valence-corrected chi connectivity index (χ4v) is 6.58. The van der Waals surface area contributed by atoms with Gasteiger partial charge in [0, 0.05) is 13.7 Å². The highest BCUT2D eigenvalue weighted by Gasteiger charge is 2.41. The molecule has 262 valence electrons. The van der Waals surface area contributed by atoms with Gasteiger partial charge in [-0.2, -0.15) is 0 Å². The van der Waals surface area contributed by atoms with Crippen molar-refractivity contribution < 1.29 is 42.6 Å². The molecule has 0 saturated carbocycles. The van der Waals surface area contributed by atoms with Gasteiger partial charge in [0.25, 0.3) is 0 Å². The average molecular weight is 665 g/mol. The van der Waals surface area contributed by atoms with E-state index in [0.29, 0.717) is 41.1 Å². The Morgan fingerprint density at radius 3 is 1.92 bits per heavy atom. The number of methoxy groups -OCH3 is 4. The number of benzene rings is 3. The largest absolute Gasteiger partial charge is 0.493 e. The first-order valence-electron chi connectivity index (χ1n) is 17.2. The number of hydrogen-bond acceptors (Lipinski definition) is 9. The molecule has 3 aromatic rings. The van der Waals surface area contributed by atoms with Gasteiger partial charge in [-0.25, -0.2) is 0 Å². The maximum Gasteiger partial charge on any atom is 0.231 e. The van der Waals surface area contributed by atoms with Crippen LogP contribution in [0.2, 0.25) is 0 Å². The molecule has 2 aliphatic rings. The predicted octanol–water partition coefficient (Wildman–Crippen LogP) is 9.00. The van der Waals surface area contributed by atoms with Crippen molar-refractivity contribution >= 4 is 0 Å². The Bertz CT molecular complexity index is 1460. The molecule has 6 atom stereocenters. The quantitative estimate of drug-likeness (QED) is 0.0977. The molecule has 0 spiro atoms. The fourth-order valence-electron chi connectivity index (χ4n) is 6.58. The molecule has 5 rings (SSSR count). The molecule has 2 aliphatic heterocycles. The van der Waals surface area contributed by atoms with Crippen molar-refractivity contribution in [2.24, 2.45) is 11.8 Å². The van der Waals surface area contributed by atoms with Crippen LogP contribution in [0.3, 0.4) is 0 Å². The molecular formula is C39H52O9. The van der Waals surface area contributed by atoms with E-state index in [1.807, 2.05) is 54.6 Å². The van der Waals surface area contributed by atoms with Crippen molar-refractivity contribution in [3.05, 3.63) is 71.3 Å². The molecule has 2 unspecified atom stereocenters. The minimum absolute atomic E-state index is 0.101. The van der Waals surface area contributed by atoms with E-state index in [1.54, 1.807) is 28.4 Å². The van der Waals surface area contributed by atoms with Gasteiger partial charge in [0.05, 0.1) is 33.5 Å². The van der Waals surface area contributed by atoms with Gasteiger partial charge < -0.3 is 42.6 Å². The van der Waals surface area contributed by atoms with Crippen LogP contribution in [-0.4, -0.2) is 48.1 Å². The standard InChI is InChI=1S/C39H52O9/c1-8-9-10-11-12-13-20-44-38(29-15-18-31-35(23-29)46-24-45-31)39(43-7)47-32-19-16-28(22-34(32)42-6)37-26(3)25(2)36(48-37)27-14-17-30(40-4)33(21-27)41-5/h14-19,21-23,25-26,36-39H,8-13,20,24H2,1-7H3/t25-,26+,36+,37-,38?,39?/m0/s1. The lowest BCUT2D eigenvalue weighted by atomic mass is 9.85. The maximum absolute atomic E-state index is 6.73. The first-order valence-corrected chi connectivity index (χ1v) is 17.2. The molecule has 48 heavy (non-hydrogen) atoms. The van der Waals surface area contributed by atoms with Crippen molar-refractivity contribution in [2.75, 3.05) is 41.8 Å². The van der Waals surface area contributed by atoms with Crippen molar-refractivity contribution in [1.82, 2.24) is 0 Å². The summed E-state index contributed by atoms with van der Waals surface area (Å²) < 4.78 is 53.8. The van der Waals surface area contributed by atoms with Gasteiger partial charge in [0.1, 0.15) is 6.10 Å². The van der Waals surface area contributed by atoms with E-state index >= 15 is 0 Å². The molecule has 0 amide bonds. The maximum atomic E-state index is 6.73. The SMILES string of the molecule is CCCCCCCCOC(c1ccc2c(c1)OCO2)C(OC)Oc1ccc([C@H]2O[C@@H](c3ccc(OC)c(OC)c3)[C@@H](C)[C@H]2C)cc1OC. The number of unbranched alkanes of at least 4 members (excludes halogenated alkanes) is 5. The Morgan fingerprint density at radius 1 is 0.667 bits per heavy atom. The summed E-state index contributed by atoms with van der Waals surface area (Å²) in [5.74, 6) is 4.43. The minimum Gasteiger partial charge on any atom is -0.493 e. The molecule has 3 aromatic carbocycles. The van der Waals surface area contributed by atoms with Gasteiger partial charge in [-0.05, 0) is 71.3 Å². The molecule has 0 bridgehead atoms. The second kappa shape index (κ2) is 17.1. The highest BCUT2D eigenvalue weighted by molar-refractivity contribution is 5.47. The van der Waals surface area contributed by atoms with Gasteiger partial charge in [-0.1, -0.05) is 71.1 Å². The summed E-state index contributed by atoms with van der Waals surface area (Å²) in [7, 11) is 6.56. The van der Waals surface area contributed by atoms with Crippen LogP contribution < -0.4 is 28.4 Å². The number of hydrogen-bond donors (Lipinski definition) is 0. The van der Waals surface area contributed by atoms with Crippen molar-refractivity contribution in [2.45, 2.75) is 83.9 Å². The third-order valence-electron chi connectivity index (χ3n) is 9.57. The Morgan fingerprint density at radius 2 is 1.27 bits per heavy atom. The van der Waals surface area contributed by atoms with Crippen LogP contribution in [0.1, 0.15) is 94.3 Å². The number of rotatable bonds is 18. The lowest BCUT2D eigenvalue weighted by Gasteiger charge is -2.28. The highest BCUT2D eigenvalue weighted by Crippen LogP contribution is 2.51. The number of fused-ring (bicyclic) bond motifs is 1. The van der Waals surface area contributed by atoms with Crippen LogP contribution >= 0.6 is 0 Å². The zero-order chi connectivity index (χ0) is 34.0. The van der Waals surface area contributed by atoms with Crippen molar-refractivity contribution in [3.63, 3.8) is 0 Å². The van der Waals surface area contributed by atoms with Crippen LogP contribution in [0, 0.1) is 11.8 Å². The lowest BCUT2D eigenvalue weighted by molar-refractivity contribution is -0.152. The Labute approximate surface area is 285 Å². The molecule has 0 aliphatic carbocycles. The third-order valence-corrected chi connectivity index (χ3v) is 9.57. The summed E-state index contributed by atoms with van der Waals surface area (Å²) in [5, 5.41) is 0. The summed E-state index contributed by atoms with van der Waals surface area (Å²) in [6.07, 6.45) is 5.54. The third kappa shape index (κ3) is 8.13. The Balaban J connectivity index is 1.33. The molecule has 2 heterocycles. The molecule has 0 aromatic heterocycles. The zero-order valence-corrected chi connectivity index (χ0v) is 29.5. The molecular weight excluding hydrogens is 612 g/mol. The predicted molar refractivity (Wildman–Crippen MR) is 183 cm³/mol. The molecule has 9 heteroatoms. The monoisotopic (exact) mass is 664 g/mol. The molecule has 0 radical (unpaired) electrons. The van der Waals surface area contributed by atoms with Crippen LogP contribution in [0.25, 0.3) is 0 Å².